The molecule has 3 rings (SSSR count). The van der Waals surface area contributed by atoms with Gasteiger partial charge in [-0.2, -0.15) is 8.42 Å². The smallest absolute Gasteiger partial charge is 0.297 e. The van der Waals surface area contributed by atoms with Gasteiger partial charge in [-0.25, -0.2) is 0 Å². The highest BCUT2D eigenvalue weighted by atomic mass is 32.2. The van der Waals surface area contributed by atoms with E-state index in [2.05, 4.69) is 0 Å². The number of rotatable bonds is 8. The minimum Gasteiger partial charge on any atom is -0.497 e. The van der Waals surface area contributed by atoms with Gasteiger partial charge in [0.05, 0.1) is 12.0 Å². The molecule has 154 valence electrons. The molecule has 0 unspecified atom stereocenters. The maximum Gasteiger partial charge on any atom is 0.297 e. The standard InChI is InChI=1S/C22H24O6S/c1-16(28-29(23,24)21-8-6-5-7-9-21)22(26-3,27-4)19-12-10-18-15-20(25-2)13-11-17(18)14-19/h5-16H,1-4H3/t16-/m0/s1. The third-order valence-electron chi connectivity index (χ3n) is 4.89. The van der Waals surface area contributed by atoms with Crippen LogP contribution >= 0.6 is 0 Å². The second kappa shape index (κ2) is 8.51. The molecular formula is C22H24O6S. The molecular weight excluding hydrogens is 392 g/mol. The van der Waals surface area contributed by atoms with Crippen molar-refractivity contribution in [3.05, 3.63) is 72.3 Å². The highest BCUT2D eigenvalue weighted by Gasteiger charge is 2.42. The van der Waals surface area contributed by atoms with Crippen molar-refractivity contribution in [2.24, 2.45) is 0 Å². The van der Waals surface area contributed by atoms with Crippen molar-refractivity contribution in [1.29, 1.82) is 0 Å². The summed E-state index contributed by atoms with van der Waals surface area (Å²) in [7, 11) is 0.525. The van der Waals surface area contributed by atoms with Gasteiger partial charge in [0, 0.05) is 19.8 Å². The largest absolute Gasteiger partial charge is 0.497 e. The summed E-state index contributed by atoms with van der Waals surface area (Å²) in [6.45, 7) is 1.60. The Morgan fingerprint density at radius 2 is 1.45 bits per heavy atom. The Balaban J connectivity index is 1.99. The summed E-state index contributed by atoms with van der Waals surface area (Å²) in [5.41, 5.74) is 0.635. The minimum atomic E-state index is -4.00. The van der Waals surface area contributed by atoms with Gasteiger partial charge in [0.25, 0.3) is 10.1 Å². The molecule has 3 aromatic carbocycles. The normalized spacial score (nSPS) is 13.4. The monoisotopic (exact) mass is 416 g/mol. The molecule has 29 heavy (non-hydrogen) atoms. The minimum absolute atomic E-state index is 0.0681. The summed E-state index contributed by atoms with van der Waals surface area (Å²) in [6.07, 6.45) is -0.960. The molecule has 7 heteroatoms. The molecule has 0 saturated carbocycles. The number of hydrogen-bond donors (Lipinski definition) is 0. The van der Waals surface area contributed by atoms with Crippen LogP contribution < -0.4 is 4.74 Å². The lowest BCUT2D eigenvalue weighted by molar-refractivity contribution is -0.257. The van der Waals surface area contributed by atoms with Crippen LogP contribution in [0.4, 0.5) is 0 Å². The van der Waals surface area contributed by atoms with Gasteiger partial charge < -0.3 is 14.2 Å². The van der Waals surface area contributed by atoms with E-state index in [1.807, 2.05) is 36.4 Å². The van der Waals surface area contributed by atoms with Crippen molar-refractivity contribution in [2.45, 2.75) is 23.7 Å². The van der Waals surface area contributed by atoms with Crippen LogP contribution in [0.15, 0.2) is 71.6 Å². The van der Waals surface area contributed by atoms with Crippen molar-refractivity contribution < 1.29 is 26.8 Å². The fourth-order valence-electron chi connectivity index (χ4n) is 3.35. The van der Waals surface area contributed by atoms with Crippen molar-refractivity contribution in [3.8, 4) is 5.75 Å². The van der Waals surface area contributed by atoms with Crippen LogP contribution in [0.2, 0.25) is 0 Å². The van der Waals surface area contributed by atoms with Crippen molar-refractivity contribution in [3.63, 3.8) is 0 Å². The van der Waals surface area contributed by atoms with E-state index in [0.717, 1.165) is 16.5 Å². The second-order valence-electron chi connectivity index (χ2n) is 6.51. The van der Waals surface area contributed by atoms with Gasteiger partial charge in [-0.1, -0.05) is 36.4 Å². The van der Waals surface area contributed by atoms with E-state index in [9.17, 15) is 8.42 Å². The Kier molecular flexibility index (Phi) is 6.24. The Morgan fingerprint density at radius 3 is 2.07 bits per heavy atom. The van der Waals surface area contributed by atoms with Crippen LogP contribution in [0.3, 0.4) is 0 Å². The lowest BCUT2D eigenvalue weighted by Gasteiger charge is -2.36. The van der Waals surface area contributed by atoms with E-state index in [4.69, 9.17) is 18.4 Å². The quantitative estimate of drug-likeness (QED) is 0.407. The first-order valence-electron chi connectivity index (χ1n) is 9.03. The average Bonchev–Trinajstić information content (AvgIpc) is 2.75. The highest BCUT2D eigenvalue weighted by Crippen LogP contribution is 2.35. The van der Waals surface area contributed by atoms with Gasteiger partial charge in [-0.15, -0.1) is 0 Å². The third-order valence-corrected chi connectivity index (χ3v) is 6.29. The summed E-state index contributed by atoms with van der Waals surface area (Å²) in [4.78, 5) is 0.0681. The van der Waals surface area contributed by atoms with Gasteiger partial charge in [0.15, 0.2) is 0 Å². The Morgan fingerprint density at radius 1 is 0.828 bits per heavy atom. The SMILES string of the molecule is COc1ccc2cc(C(OC)(OC)[C@H](C)OS(=O)(=O)c3ccccc3)ccc2c1. The van der Waals surface area contributed by atoms with Gasteiger partial charge in [-0.3, -0.25) is 4.18 Å². The predicted molar refractivity (Wildman–Crippen MR) is 110 cm³/mol. The number of hydrogen-bond acceptors (Lipinski definition) is 6. The Hall–Kier alpha value is -2.45. The van der Waals surface area contributed by atoms with Gasteiger partial charge in [0.1, 0.15) is 11.9 Å². The third kappa shape index (κ3) is 4.13. The van der Waals surface area contributed by atoms with Crippen molar-refractivity contribution in [1.82, 2.24) is 0 Å². The van der Waals surface area contributed by atoms with E-state index >= 15 is 0 Å². The predicted octanol–water partition coefficient (Wildman–Crippen LogP) is 4.09. The number of benzene rings is 3. The highest BCUT2D eigenvalue weighted by molar-refractivity contribution is 7.86. The molecule has 0 aliphatic heterocycles. The second-order valence-corrected chi connectivity index (χ2v) is 8.08. The summed E-state index contributed by atoms with van der Waals surface area (Å²) < 4.78 is 47.5. The molecule has 0 amide bonds. The van der Waals surface area contributed by atoms with Crippen LogP contribution in [-0.2, 0) is 29.6 Å². The first-order chi connectivity index (χ1) is 13.9. The summed E-state index contributed by atoms with van der Waals surface area (Å²) >= 11 is 0. The molecule has 0 N–H and O–H groups in total. The lowest BCUT2D eigenvalue weighted by Crippen LogP contribution is -2.44. The molecule has 0 bridgehead atoms. The molecule has 0 radical (unpaired) electrons. The zero-order valence-corrected chi connectivity index (χ0v) is 17.6. The molecule has 1 atom stereocenters. The van der Waals surface area contributed by atoms with Gasteiger partial charge in [0.2, 0.25) is 5.79 Å². The van der Waals surface area contributed by atoms with E-state index in [-0.39, 0.29) is 4.90 Å². The van der Waals surface area contributed by atoms with Crippen molar-refractivity contribution >= 4 is 20.9 Å². The van der Waals surface area contributed by atoms with Crippen LogP contribution in [0, 0.1) is 0 Å². The molecule has 0 aliphatic rings. The van der Waals surface area contributed by atoms with Crippen LogP contribution in [0.25, 0.3) is 10.8 Å². The summed E-state index contributed by atoms with van der Waals surface area (Å²) in [5.74, 6) is -0.670. The summed E-state index contributed by atoms with van der Waals surface area (Å²) in [6, 6.07) is 19.3. The first-order valence-corrected chi connectivity index (χ1v) is 10.4. The number of ether oxygens (including phenoxy) is 3. The number of methoxy groups -OCH3 is 3. The first kappa shape index (κ1) is 21.3. The fourth-order valence-corrected chi connectivity index (χ4v) is 4.46. The maximum absolute atomic E-state index is 12.7. The summed E-state index contributed by atoms with van der Waals surface area (Å²) in [5, 5.41) is 1.90. The van der Waals surface area contributed by atoms with Crippen molar-refractivity contribution in [2.75, 3.05) is 21.3 Å². The van der Waals surface area contributed by atoms with Crippen LogP contribution in [0.5, 0.6) is 5.75 Å². The molecule has 0 aliphatic carbocycles. The van der Waals surface area contributed by atoms with E-state index in [1.165, 1.54) is 26.4 Å². The fraction of sp³-hybridized carbons (Fsp3) is 0.273. The Bertz CT molecular complexity index is 1070. The lowest BCUT2D eigenvalue weighted by atomic mass is 9.97. The van der Waals surface area contributed by atoms with Crippen LogP contribution in [-0.4, -0.2) is 35.9 Å². The average molecular weight is 416 g/mol. The zero-order valence-electron chi connectivity index (χ0n) is 16.8. The topological polar surface area (TPSA) is 71.1 Å². The van der Waals surface area contributed by atoms with Gasteiger partial charge >= 0.3 is 0 Å². The molecule has 0 fully saturated rings. The molecule has 6 nitrogen and oxygen atoms in total. The number of fused-ring (bicyclic) bond motifs is 1. The molecule has 0 heterocycles. The molecule has 3 aromatic rings. The molecule has 0 aromatic heterocycles. The zero-order chi connectivity index (χ0) is 21.1. The van der Waals surface area contributed by atoms with Gasteiger partial charge in [-0.05, 0) is 48.0 Å². The van der Waals surface area contributed by atoms with E-state index in [0.29, 0.717) is 5.56 Å². The molecule has 0 saturated heterocycles. The van der Waals surface area contributed by atoms with Crippen LogP contribution in [0.1, 0.15) is 12.5 Å². The Labute approximate surface area is 171 Å². The molecule has 0 spiro atoms. The van der Waals surface area contributed by atoms with E-state index in [1.54, 1.807) is 32.2 Å². The maximum atomic E-state index is 12.7. The van der Waals surface area contributed by atoms with E-state index < -0.39 is 22.0 Å².